The first kappa shape index (κ1) is 12.0. The Bertz CT molecular complexity index is 176. The van der Waals surface area contributed by atoms with Crippen molar-refractivity contribution in [3.05, 3.63) is 0 Å². The van der Waals surface area contributed by atoms with Gasteiger partial charge in [-0.25, -0.2) is 0 Å². The number of unbranched alkanes of at least 4 members (excludes halogenated alkanes) is 4. The van der Waals surface area contributed by atoms with Crippen molar-refractivity contribution in [2.45, 2.75) is 45.4 Å². The Morgan fingerprint density at radius 1 is 1.23 bits per heavy atom. The van der Waals surface area contributed by atoms with Crippen LogP contribution in [-0.2, 0) is 4.84 Å². The standard InChI is InChI=1S/C11H19NO/c1-3-4-5-6-7-8-9-10-11-12-13-2/h11H,3-5,8-10H2,1-2H3/b12-11-. The van der Waals surface area contributed by atoms with Crippen LogP contribution in [0.25, 0.3) is 0 Å². The van der Waals surface area contributed by atoms with Crippen LogP contribution in [0.1, 0.15) is 45.4 Å². The Kier molecular flexibility index (Phi) is 10.2. The molecule has 0 aliphatic rings. The molecule has 13 heavy (non-hydrogen) atoms. The van der Waals surface area contributed by atoms with Crippen molar-refractivity contribution in [1.29, 1.82) is 0 Å². The molecule has 0 aliphatic heterocycles. The van der Waals surface area contributed by atoms with E-state index in [1.54, 1.807) is 13.3 Å². The van der Waals surface area contributed by atoms with Gasteiger partial charge in [0.25, 0.3) is 0 Å². The molecular formula is C11H19NO. The van der Waals surface area contributed by atoms with Gasteiger partial charge in [0, 0.05) is 19.1 Å². The third kappa shape index (κ3) is 11.0. The first-order chi connectivity index (χ1) is 6.41. The molecule has 2 nitrogen and oxygen atoms in total. The summed E-state index contributed by atoms with van der Waals surface area (Å²) in [6.07, 6.45) is 8.28. The molecule has 74 valence electrons. The zero-order valence-electron chi connectivity index (χ0n) is 8.68. The first-order valence-electron chi connectivity index (χ1n) is 4.92. The lowest BCUT2D eigenvalue weighted by Gasteiger charge is -1.88. The Balaban J connectivity index is 3.13. The van der Waals surface area contributed by atoms with E-state index in [1.807, 2.05) is 0 Å². The van der Waals surface area contributed by atoms with Crippen LogP contribution in [-0.4, -0.2) is 13.3 Å². The molecule has 0 unspecified atom stereocenters. The summed E-state index contributed by atoms with van der Waals surface area (Å²) in [6, 6.07) is 0. The Hall–Kier alpha value is -0.970. The normalized spacial score (nSPS) is 9.69. The van der Waals surface area contributed by atoms with Gasteiger partial charge in [0.1, 0.15) is 7.11 Å². The molecule has 0 spiro atoms. The number of hydrogen-bond acceptors (Lipinski definition) is 2. The summed E-state index contributed by atoms with van der Waals surface area (Å²) in [7, 11) is 1.56. The van der Waals surface area contributed by atoms with Gasteiger partial charge < -0.3 is 4.84 Å². The second-order valence-electron chi connectivity index (χ2n) is 2.82. The highest BCUT2D eigenvalue weighted by Gasteiger charge is 1.81. The van der Waals surface area contributed by atoms with Gasteiger partial charge in [0.05, 0.1) is 0 Å². The minimum Gasteiger partial charge on any atom is -0.399 e. The fraction of sp³-hybridized carbons (Fsp3) is 0.727. The van der Waals surface area contributed by atoms with E-state index >= 15 is 0 Å². The van der Waals surface area contributed by atoms with Crippen molar-refractivity contribution in [1.82, 2.24) is 0 Å². The van der Waals surface area contributed by atoms with E-state index in [4.69, 9.17) is 0 Å². The third-order valence-electron chi connectivity index (χ3n) is 1.60. The van der Waals surface area contributed by atoms with E-state index in [0.717, 1.165) is 25.7 Å². The van der Waals surface area contributed by atoms with E-state index in [-0.39, 0.29) is 0 Å². The maximum atomic E-state index is 4.53. The molecule has 0 atom stereocenters. The van der Waals surface area contributed by atoms with Crippen LogP contribution in [0.4, 0.5) is 0 Å². The Morgan fingerprint density at radius 2 is 1.92 bits per heavy atom. The average molecular weight is 181 g/mol. The van der Waals surface area contributed by atoms with E-state index < -0.39 is 0 Å². The molecule has 0 amide bonds. The molecular weight excluding hydrogens is 162 g/mol. The molecule has 0 radical (unpaired) electrons. The summed E-state index contributed by atoms with van der Waals surface area (Å²) in [4.78, 5) is 4.53. The van der Waals surface area contributed by atoms with Crippen LogP contribution in [0.2, 0.25) is 0 Å². The summed E-state index contributed by atoms with van der Waals surface area (Å²) in [6.45, 7) is 2.18. The molecule has 0 N–H and O–H groups in total. The Labute approximate surface area is 81.4 Å². The molecule has 0 aromatic carbocycles. The molecule has 0 fully saturated rings. The number of oxime groups is 1. The Morgan fingerprint density at radius 3 is 2.54 bits per heavy atom. The molecule has 0 heterocycles. The van der Waals surface area contributed by atoms with Crippen molar-refractivity contribution in [3.63, 3.8) is 0 Å². The predicted molar refractivity (Wildman–Crippen MR) is 56.7 cm³/mol. The lowest BCUT2D eigenvalue weighted by atomic mass is 10.2. The molecule has 0 rings (SSSR count). The van der Waals surface area contributed by atoms with Crippen molar-refractivity contribution in [2.75, 3.05) is 7.11 Å². The number of hydrogen-bond donors (Lipinski definition) is 0. The van der Waals surface area contributed by atoms with Gasteiger partial charge in [-0.3, -0.25) is 0 Å². The van der Waals surface area contributed by atoms with Crippen LogP contribution in [0, 0.1) is 11.8 Å². The summed E-state index contributed by atoms with van der Waals surface area (Å²) >= 11 is 0. The summed E-state index contributed by atoms with van der Waals surface area (Å²) in [5.74, 6) is 6.30. The van der Waals surface area contributed by atoms with Crippen molar-refractivity contribution >= 4 is 6.21 Å². The van der Waals surface area contributed by atoms with Gasteiger partial charge in [0.15, 0.2) is 0 Å². The van der Waals surface area contributed by atoms with E-state index in [0.29, 0.717) is 0 Å². The van der Waals surface area contributed by atoms with Crippen LogP contribution >= 0.6 is 0 Å². The van der Waals surface area contributed by atoms with Crippen LogP contribution in [0.15, 0.2) is 5.16 Å². The molecule has 0 saturated heterocycles. The molecule has 0 saturated carbocycles. The quantitative estimate of drug-likeness (QED) is 0.267. The van der Waals surface area contributed by atoms with Crippen molar-refractivity contribution < 1.29 is 4.84 Å². The van der Waals surface area contributed by atoms with Crippen LogP contribution < -0.4 is 0 Å². The summed E-state index contributed by atoms with van der Waals surface area (Å²) < 4.78 is 0. The fourth-order valence-electron chi connectivity index (χ4n) is 0.851. The van der Waals surface area contributed by atoms with Gasteiger partial charge in [-0.05, 0) is 19.3 Å². The number of rotatable bonds is 6. The highest BCUT2D eigenvalue weighted by Crippen LogP contribution is 1.93. The summed E-state index contributed by atoms with van der Waals surface area (Å²) in [5.41, 5.74) is 0. The largest absolute Gasteiger partial charge is 0.399 e. The van der Waals surface area contributed by atoms with Crippen molar-refractivity contribution in [3.8, 4) is 11.8 Å². The van der Waals surface area contributed by atoms with Gasteiger partial charge in [0.2, 0.25) is 0 Å². The molecule has 0 bridgehead atoms. The van der Waals surface area contributed by atoms with Gasteiger partial charge in [-0.15, -0.1) is 11.8 Å². The van der Waals surface area contributed by atoms with Gasteiger partial charge in [-0.1, -0.05) is 18.5 Å². The van der Waals surface area contributed by atoms with Crippen LogP contribution in [0.5, 0.6) is 0 Å². The van der Waals surface area contributed by atoms with E-state index in [1.165, 1.54) is 12.8 Å². The first-order valence-corrected chi connectivity index (χ1v) is 4.92. The lowest BCUT2D eigenvalue weighted by molar-refractivity contribution is 0.214. The third-order valence-corrected chi connectivity index (χ3v) is 1.60. The van der Waals surface area contributed by atoms with E-state index in [2.05, 4.69) is 28.8 Å². The SMILES string of the molecule is CCCCC#CCCC/C=N\OC. The average Bonchev–Trinajstić information content (AvgIpc) is 2.16. The lowest BCUT2D eigenvalue weighted by Crippen LogP contribution is -1.77. The number of nitrogens with zero attached hydrogens (tertiary/aromatic N) is 1. The van der Waals surface area contributed by atoms with Gasteiger partial charge >= 0.3 is 0 Å². The maximum Gasteiger partial charge on any atom is 0.106 e. The molecule has 0 aromatic heterocycles. The van der Waals surface area contributed by atoms with E-state index in [9.17, 15) is 0 Å². The fourth-order valence-corrected chi connectivity index (χ4v) is 0.851. The predicted octanol–water partition coefficient (Wildman–Crippen LogP) is 2.98. The smallest absolute Gasteiger partial charge is 0.106 e. The molecule has 0 aliphatic carbocycles. The van der Waals surface area contributed by atoms with Crippen LogP contribution in [0.3, 0.4) is 0 Å². The van der Waals surface area contributed by atoms with Gasteiger partial charge in [-0.2, -0.15) is 0 Å². The molecule has 0 aromatic rings. The van der Waals surface area contributed by atoms with Crippen molar-refractivity contribution in [2.24, 2.45) is 5.16 Å². The minimum absolute atomic E-state index is 0.955. The second-order valence-corrected chi connectivity index (χ2v) is 2.82. The highest BCUT2D eigenvalue weighted by atomic mass is 16.6. The maximum absolute atomic E-state index is 4.53. The topological polar surface area (TPSA) is 21.6 Å². The second kappa shape index (κ2) is 11.0. The highest BCUT2D eigenvalue weighted by molar-refractivity contribution is 5.56. The monoisotopic (exact) mass is 181 g/mol. The zero-order valence-corrected chi connectivity index (χ0v) is 8.68. The zero-order chi connectivity index (χ0) is 9.78. The summed E-state index contributed by atoms with van der Waals surface area (Å²) in [5, 5.41) is 3.65. The minimum atomic E-state index is 0.955. The molecule has 2 heteroatoms.